The van der Waals surface area contributed by atoms with E-state index in [9.17, 15) is 9.59 Å². The first-order valence-electron chi connectivity index (χ1n) is 7.92. The summed E-state index contributed by atoms with van der Waals surface area (Å²) in [7, 11) is 0. The van der Waals surface area contributed by atoms with Gasteiger partial charge in [0, 0.05) is 17.0 Å². The minimum Gasteiger partial charge on any atom is -0.335 e. The van der Waals surface area contributed by atoms with Crippen molar-refractivity contribution in [3.05, 3.63) is 60.9 Å². The number of anilines is 1. The fourth-order valence-corrected chi connectivity index (χ4v) is 3.90. The monoisotopic (exact) mass is 349 g/mol. The van der Waals surface area contributed by atoms with Crippen LogP contribution in [0.5, 0.6) is 0 Å². The highest BCUT2D eigenvalue weighted by molar-refractivity contribution is 8.03. The molecule has 2 aromatic carbocycles. The van der Waals surface area contributed by atoms with Gasteiger partial charge in [-0.05, 0) is 30.5 Å². The van der Waals surface area contributed by atoms with E-state index in [2.05, 4.69) is 11.8 Å². The molecule has 6 heteroatoms. The Morgan fingerprint density at radius 2 is 2.08 bits per heavy atom. The third kappa shape index (κ3) is 2.85. The van der Waals surface area contributed by atoms with Gasteiger partial charge in [0.15, 0.2) is 0 Å². The van der Waals surface area contributed by atoms with Crippen molar-refractivity contribution < 1.29 is 0 Å². The largest absolute Gasteiger partial charge is 0.335 e. The van der Waals surface area contributed by atoms with E-state index in [-0.39, 0.29) is 16.7 Å². The molecule has 1 aliphatic heterocycles. The molecule has 0 aliphatic carbocycles. The Morgan fingerprint density at radius 1 is 1.32 bits per heavy atom. The van der Waals surface area contributed by atoms with E-state index >= 15 is 0 Å². The van der Waals surface area contributed by atoms with E-state index < -0.39 is 10.9 Å². The first-order chi connectivity index (χ1) is 12.1. The molecule has 0 radical (unpaired) electrons. The molecule has 1 heterocycles. The fraction of sp³-hybridized carbons (Fsp3) is 0.211. The molecule has 0 unspecified atom stereocenters. The molecule has 0 bridgehead atoms. The zero-order valence-corrected chi connectivity index (χ0v) is 14.4. The highest BCUT2D eigenvalue weighted by Crippen LogP contribution is 2.46. The van der Waals surface area contributed by atoms with Crippen molar-refractivity contribution in [3.8, 4) is 6.07 Å². The van der Waals surface area contributed by atoms with Crippen LogP contribution in [-0.4, -0.2) is 12.4 Å². The Balaban J connectivity index is 2.07. The molecule has 0 saturated carbocycles. The number of fused-ring (bicyclic) bond motifs is 1. The average Bonchev–Trinajstić information content (AvgIpc) is 2.99. The minimum atomic E-state index is -0.719. The number of rotatable bonds is 5. The van der Waals surface area contributed by atoms with Crippen molar-refractivity contribution in [2.45, 2.75) is 24.7 Å². The van der Waals surface area contributed by atoms with Crippen LogP contribution in [0.4, 0.5) is 5.69 Å². The second-order valence-corrected chi connectivity index (χ2v) is 6.68. The molecular formula is C19H15N3O2S. The smallest absolute Gasteiger partial charge is 0.236 e. The average molecular weight is 349 g/mol. The number of nitriles is 1. The molecule has 1 N–H and O–H groups in total. The van der Waals surface area contributed by atoms with Crippen LogP contribution < -0.4 is 15.8 Å². The lowest BCUT2D eigenvalue weighted by molar-refractivity contribution is 0.780. The van der Waals surface area contributed by atoms with Crippen LogP contribution in [0.25, 0.3) is 11.6 Å². The van der Waals surface area contributed by atoms with Crippen molar-refractivity contribution >= 4 is 35.0 Å². The molecule has 0 spiro atoms. The summed E-state index contributed by atoms with van der Waals surface area (Å²) in [6.45, 7) is 2.92. The van der Waals surface area contributed by atoms with Gasteiger partial charge in [-0.15, -0.1) is 0 Å². The van der Waals surface area contributed by atoms with Gasteiger partial charge in [-0.3, -0.25) is 15.0 Å². The maximum atomic E-state index is 12.0. The number of para-hydroxylation sites is 1. The molecule has 1 aliphatic rings. The summed E-state index contributed by atoms with van der Waals surface area (Å²) < 4.78 is 0. The molecule has 0 saturated heterocycles. The van der Waals surface area contributed by atoms with E-state index in [4.69, 9.17) is 10.7 Å². The number of benzene rings is 1. The Hall–Kier alpha value is -2.87. The maximum Gasteiger partial charge on any atom is 0.236 e. The molecule has 0 aromatic heterocycles. The zero-order valence-electron chi connectivity index (χ0n) is 13.6. The van der Waals surface area contributed by atoms with Gasteiger partial charge in [0.25, 0.3) is 0 Å². The van der Waals surface area contributed by atoms with E-state index in [1.165, 1.54) is 11.8 Å². The maximum absolute atomic E-state index is 12.0. The van der Waals surface area contributed by atoms with E-state index in [0.29, 0.717) is 0 Å². The van der Waals surface area contributed by atoms with Crippen molar-refractivity contribution in [3.63, 3.8) is 0 Å². The third-order valence-corrected chi connectivity index (χ3v) is 5.19. The van der Waals surface area contributed by atoms with E-state index in [1.807, 2.05) is 30.1 Å². The van der Waals surface area contributed by atoms with Gasteiger partial charge in [0.2, 0.25) is 10.9 Å². The molecule has 124 valence electrons. The van der Waals surface area contributed by atoms with Crippen molar-refractivity contribution in [2.75, 3.05) is 11.4 Å². The van der Waals surface area contributed by atoms with Crippen molar-refractivity contribution in [2.24, 2.45) is 0 Å². The number of nitrogens with one attached hydrogen (secondary N) is 1. The molecule has 0 fully saturated rings. The summed E-state index contributed by atoms with van der Waals surface area (Å²) in [6, 6.07) is 9.73. The van der Waals surface area contributed by atoms with Crippen LogP contribution in [0.15, 0.2) is 43.8 Å². The summed E-state index contributed by atoms with van der Waals surface area (Å²) >= 11 is 1.53. The van der Waals surface area contributed by atoms with Gasteiger partial charge < -0.3 is 4.90 Å². The van der Waals surface area contributed by atoms with Gasteiger partial charge in [-0.1, -0.05) is 37.2 Å². The molecule has 5 nitrogen and oxygen atoms in total. The lowest BCUT2D eigenvalue weighted by Crippen LogP contribution is -2.38. The van der Waals surface area contributed by atoms with Crippen LogP contribution in [0.3, 0.4) is 0 Å². The van der Waals surface area contributed by atoms with Gasteiger partial charge >= 0.3 is 0 Å². The Kier molecular flexibility index (Phi) is 4.71. The van der Waals surface area contributed by atoms with Gasteiger partial charge in [0.05, 0.1) is 16.3 Å². The van der Waals surface area contributed by atoms with Gasteiger partial charge in [-0.25, -0.2) is 0 Å². The standard InChI is InChI=1S/C19H15N3O2S/c1-2-3-8-22-14-6-4-5-7-15(14)25-16(22)9-13-17(12(10-20)11-21)19(24)18(13)23/h4-7,9,20H,2-3,8H2,1H3/b16-9-. The SMILES string of the molecule is CCCCN1/C(=C/c2c(C(=C=N)C#N)c(=O)c2=O)Sc2ccccc21. The third-order valence-electron chi connectivity index (χ3n) is 4.07. The lowest BCUT2D eigenvalue weighted by atomic mass is 9.95. The Morgan fingerprint density at radius 3 is 2.76 bits per heavy atom. The summed E-state index contributed by atoms with van der Waals surface area (Å²) in [5.41, 5.74) is -0.256. The number of thioether (sulfide) groups is 1. The van der Waals surface area contributed by atoms with E-state index in [1.54, 1.807) is 12.1 Å². The quantitative estimate of drug-likeness (QED) is 0.509. The highest BCUT2D eigenvalue weighted by Gasteiger charge is 2.28. The van der Waals surface area contributed by atoms with Crippen LogP contribution in [0.1, 0.15) is 30.9 Å². The molecule has 25 heavy (non-hydrogen) atoms. The zero-order chi connectivity index (χ0) is 18.0. The molecule has 2 aromatic rings. The summed E-state index contributed by atoms with van der Waals surface area (Å²) in [4.78, 5) is 27.0. The minimum absolute atomic E-state index is 0.00185. The summed E-state index contributed by atoms with van der Waals surface area (Å²) in [5.74, 6) is 1.95. The summed E-state index contributed by atoms with van der Waals surface area (Å²) in [6.07, 6.45) is 3.69. The Labute approximate surface area is 149 Å². The predicted molar refractivity (Wildman–Crippen MR) is 101 cm³/mol. The molecule has 0 amide bonds. The number of nitrogens with zero attached hydrogens (tertiary/aromatic N) is 2. The highest BCUT2D eigenvalue weighted by atomic mass is 32.2. The lowest BCUT2D eigenvalue weighted by Gasteiger charge is -2.20. The second kappa shape index (κ2) is 6.94. The van der Waals surface area contributed by atoms with Crippen molar-refractivity contribution in [1.29, 1.82) is 10.7 Å². The molecule has 3 rings (SSSR count). The van der Waals surface area contributed by atoms with Gasteiger partial charge in [-0.2, -0.15) is 5.26 Å². The number of allylic oxidation sites excluding steroid dienone is 1. The van der Waals surface area contributed by atoms with Crippen molar-refractivity contribution in [1.82, 2.24) is 0 Å². The first kappa shape index (κ1) is 17.0. The van der Waals surface area contributed by atoms with Gasteiger partial charge in [0.1, 0.15) is 11.6 Å². The molecular weight excluding hydrogens is 334 g/mol. The normalized spacial score (nSPS) is 14.4. The molecule has 0 atom stereocenters. The van der Waals surface area contributed by atoms with Crippen LogP contribution in [0, 0.1) is 16.7 Å². The summed E-state index contributed by atoms with van der Waals surface area (Å²) in [5, 5.41) is 17.1. The first-order valence-corrected chi connectivity index (χ1v) is 8.73. The van der Waals surface area contributed by atoms with E-state index in [0.717, 1.165) is 35.0 Å². The Bertz CT molecular complexity index is 1030. The number of hydrogen-bond acceptors (Lipinski definition) is 6. The predicted octanol–water partition coefficient (Wildman–Crippen LogP) is 3.15. The fourth-order valence-electron chi connectivity index (χ4n) is 2.77. The second-order valence-electron chi connectivity index (χ2n) is 5.62. The van der Waals surface area contributed by atoms with Crippen LogP contribution in [0.2, 0.25) is 0 Å². The number of unbranched alkanes of at least 4 members (excludes halogenated alkanes) is 1. The van der Waals surface area contributed by atoms with Crippen LogP contribution >= 0.6 is 11.8 Å². The van der Waals surface area contributed by atoms with Crippen LogP contribution in [-0.2, 0) is 0 Å². The topological polar surface area (TPSA) is 85.0 Å². The number of hydrogen-bond donors (Lipinski definition) is 1.